The van der Waals surface area contributed by atoms with Crippen LogP contribution in [0.2, 0.25) is 10.0 Å². The molecule has 1 aliphatic heterocycles. The van der Waals surface area contributed by atoms with Gasteiger partial charge in [-0.25, -0.2) is 0 Å². The number of morpholine rings is 1. The normalized spacial score (nSPS) is 15.2. The molecule has 1 saturated heterocycles. The summed E-state index contributed by atoms with van der Waals surface area (Å²) < 4.78 is 11.7. The number of aliphatic hydroxyl groups is 1. The molecule has 1 heterocycles. The fourth-order valence-electron chi connectivity index (χ4n) is 4.47. The van der Waals surface area contributed by atoms with Crippen molar-refractivity contribution in [2.45, 2.75) is 12.5 Å². The van der Waals surface area contributed by atoms with Crippen molar-refractivity contribution in [3.05, 3.63) is 75.8 Å². The zero-order valence-corrected chi connectivity index (χ0v) is 22.3. The molecule has 3 aromatic carbocycles. The highest BCUT2D eigenvalue weighted by Crippen LogP contribution is 2.35. The quantitative estimate of drug-likeness (QED) is 0.407. The van der Waals surface area contributed by atoms with Crippen molar-refractivity contribution in [3.8, 4) is 5.75 Å². The van der Waals surface area contributed by atoms with Gasteiger partial charge in [-0.3, -0.25) is 4.79 Å². The molecule has 0 radical (unpaired) electrons. The third-order valence-electron chi connectivity index (χ3n) is 6.53. The van der Waals surface area contributed by atoms with Gasteiger partial charge in [0.1, 0.15) is 30.0 Å². The van der Waals surface area contributed by atoms with Crippen LogP contribution in [0.1, 0.15) is 15.9 Å². The fourth-order valence-corrected chi connectivity index (χ4v) is 4.93. The van der Waals surface area contributed by atoms with Crippen molar-refractivity contribution in [3.63, 3.8) is 0 Å². The van der Waals surface area contributed by atoms with Crippen molar-refractivity contribution < 1.29 is 23.9 Å². The molecule has 0 unspecified atom stereocenters. The van der Waals surface area contributed by atoms with E-state index in [2.05, 4.69) is 50.5 Å². The Bertz CT molecular complexity index is 1210. The molecule has 1 atom stereocenters. The van der Waals surface area contributed by atoms with E-state index in [9.17, 15) is 9.90 Å². The number of quaternary nitrogens is 1. The van der Waals surface area contributed by atoms with Crippen LogP contribution >= 0.6 is 23.2 Å². The van der Waals surface area contributed by atoms with Gasteiger partial charge < -0.3 is 24.0 Å². The minimum atomic E-state index is -0.693. The number of carbonyl (C=O) groups is 1. The molecule has 8 heteroatoms. The van der Waals surface area contributed by atoms with Crippen LogP contribution in [0.5, 0.6) is 5.75 Å². The summed E-state index contributed by atoms with van der Waals surface area (Å²) in [6.45, 7) is 3.52. The number of amides is 1. The lowest BCUT2D eigenvalue weighted by Gasteiger charge is -2.32. The fraction of sp³-hybridized carbons (Fsp3) is 0.393. The van der Waals surface area contributed by atoms with Crippen molar-refractivity contribution in [2.75, 3.05) is 60.1 Å². The Morgan fingerprint density at radius 1 is 1.06 bits per heavy atom. The zero-order valence-electron chi connectivity index (χ0n) is 20.8. The summed E-state index contributed by atoms with van der Waals surface area (Å²) in [4.78, 5) is 14.5. The monoisotopic (exact) mass is 531 g/mol. The number of likely N-dealkylation sites (N-methyl/N-ethyl adjacent to an activating group) is 1. The van der Waals surface area contributed by atoms with Crippen molar-refractivity contribution >= 4 is 39.9 Å². The molecule has 0 aromatic heterocycles. The Hall–Kier alpha value is -2.35. The van der Waals surface area contributed by atoms with Gasteiger partial charge in [0, 0.05) is 19.5 Å². The number of fused-ring (bicyclic) bond motifs is 1. The second-order valence-electron chi connectivity index (χ2n) is 9.88. The topological polar surface area (TPSA) is 59.0 Å². The molecule has 1 N–H and O–H groups in total. The molecule has 6 nitrogen and oxygen atoms in total. The third kappa shape index (κ3) is 6.69. The number of carbonyl (C=O) groups excluding carboxylic acids is 1. The van der Waals surface area contributed by atoms with Crippen LogP contribution in [-0.2, 0) is 11.2 Å². The Balaban J connectivity index is 1.30. The number of rotatable bonds is 9. The molecule has 1 fully saturated rings. The van der Waals surface area contributed by atoms with Crippen molar-refractivity contribution in [2.24, 2.45) is 0 Å². The Labute approximate surface area is 222 Å². The lowest BCUT2D eigenvalue weighted by atomic mass is 10.0. The molecule has 192 valence electrons. The van der Waals surface area contributed by atoms with Gasteiger partial charge in [0.25, 0.3) is 5.91 Å². The summed E-state index contributed by atoms with van der Waals surface area (Å²) in [6.07, 6.45) is 0.215. The van der Waals surface area contributed by atoms with Gasteiger partial charge in [-0.2, -0.15) is 0 Å². The molecule has 0 aliphatic carbocycles. The molecule has 1 amide bonds. The lowest BCUT2D eigenvalue weighted by molar-refractivity contribution is -0.893. The van der Waals surface area contributed by atoms with Crippen LogP contribution in [0.3, 0.4) is 0 Å². The Kier molecular flexibility index (Phi) is 8.75. The van der Waals surface area contributed by atoms with E-state index in [0.29, 0.717) is 48.6 Å². The van der Waals surface area contributed by atoms with E-state index in [1.165, 1.54) is 16.3 Å². The van der Waals surface area contributed by atoms with Crippen molar-refractivity contribution in [1.29, 1.82) is 0 Å². The first-order valence-corrected chi connectivity index (χ1v) is 12.9. The van der Waals surface area contributed by atoms with Gasteiger partial charge in [-0.15, -0.1) is 0 Å². The van der Waals surface area contributed by atoms with Crippen LogP contribution in [-0.4, -0.2) is 86.6 Å². The highest BCUT2D eigenvalue weighted by Gasteiger charge is 2.25. The predicted molar refractivity (Wildman–Crippen MR) is 144 cm³/mol. The van der Waals surface area contributed by atoms with Crippen LogP contribution in [0, 0.1) is 0 Å². The first-order chi connectivity index (χ1) is 17.2. The maximum Gasteiger partial charge on any atom is 0.255 e. The first kappa shape index (κ1) is 26.7. The molecule has 36 heavy (non-hydrogen) atoms. The predicted octanol–water partition coefficient (Wildman–Crippen LogP) is 4.68. The number of halogens is 2. The summed E-state index contributed by atoms with van der Waals surface area (Å²) in [5.41, 5.74) is 1.61. The maximum absolute atomic E-state index is 12.8. The van der Waals surface area contributed by atoms with E-state index < -0.39 is 6.10 Å². The smallest absolute Gasteiger partial charge is 0.255 e. The lowest BCUT2D eigenvalue weighted by Crippen LogP contribution is -2.48. The third-order valence-corrected chi connectivity index (χ3v) is 7.40. The maximum atomic E-state index is 12.8. The van der Waals surface area contributed by atoms with E-state index >= 15 is 0 Å². The second kappa shape index (κ2) is 11.8. The Morgan fingerprint density at radius 3 is 2.53 bits per heavy atom. The summed E-state index contributed by atoms with van der Waals surface area (Å²) in [7, 11) is 4.19. The summed E-state index contributed by atoms with van der Waals surface area (Å²) >= 11 is 12.8. The van der Waals surface area contributed by atoms with Crippen molar-refractivity contribution in [1.82, 2.24) is 4.90 Å². The van der Waals surface area contributed by atoms with E-state index in [4.69, 9.17) is 32.7 Å². The molecule has 0 spiro atoms. The van der Waals surface area contributed by atoms with Crippen LogP contribution in [0.15, 0.2) is 54.6 Å². The van der Waals surface area contributed by atoms with Gasteiger partial charge in [-0.1, -0.05) is 65.7 Å². The standard InChI is InChI=1S/C28H33Cl2N2O4/c1-32(2,14-11-20-7-8-21-5-3-4-6-22(21)17-20)18-23(33)19-36-25-10-9-24(26(29)27(25)30)28(34)31-12-15-35-16-13-31/h3-10,17,23,33H,11-16,18-19H2,1-2H3/q+1/t23-/m1/s1. The van der Waals surface area contributed by atoms with Crippen LogP contribution in [0.25, 0.3) is 10.8 Å². The van der Waals surface area contributed by atoms with Gasteiger partial charge in [0.15, 0.2) is 0 Å². The number of hydrogen-bond acceptors (Lipinski definition) is 4. The molecule has 4 rings (SSSR count). The molecule has 1 aliphatic rings. The molecular weight excluding hydrogens is 499 g/mol. The van der Waals surface area contributed by atoms with E-state index in [-0.39, 0.29) is 22.6 Å². The summed E-state index contributed by atoms with van der Waals surface area (Å²) in [5, 5.41) is 13.5. The molecule has 3 aromatic rings. The van der Waals surface area contributed by atoms with Crippen LogP contribution in [0.4, 0.5) is 0 Å². The van der Waals surface area contributed by atoms with Gasteiger partial charge >= 0.3 is 0 Å². The number of benzene rings is 3. The SMILES string of the molecule is C[N+](C)(CCc1ccc2ccccc2c1)C[C@@H](O)COc1ccc(C(=O)N2CCOCC2)c(Cl)c1Cl. The second-order valence-corrected chi connectivity index (χ2v) is 10.6. The first-order valence-electron chi connectivity index (χ1n) is 12.2. The van der Waals surface area contributed by atoms with E-state index in [0.717, 1.165) is 13.0 Å². The van der Waals surface area contributed by atoms with Crippen LogP contribution < -0.4 is 4.74 Å². The molecular formula is C28H33Cl2N2O4+. The Morgan fingerprint density at radius 2 is 1.78 bits per heavy atom. The highest BCUT2D eigenvalue weighted by molar-refractivity contribution is 6.44. The number of aliphatic hydroxyl groups excluding tert-OH is 1. The number of nitrogens with zero attached hydrogens (tertiary/aromatic N) is 2. The van der Waals surface area contributed by atoms with Gasteiger partial charge in [-0.05, 0) is 28.5 Å². The summed E-state index contributed by atoms with van der Waals surface area (Å²) in [5.74, 6) is 0.169. The van der Waals surface area contributed by atoms with E-state index in [1.807, 2.05) is 6.07 Å². The average Bonchev–Trinajstić information content (AvgIpc) is 2.88. The highest BCUT2D eigenvalue weighted by atomic mass is 35.5. The number of hydrogen-bond donors (Lipinski definition) is 1. The average molecular weight is 532 g/mol. The van der Waals surface area contributed by atoms with Gasteiger partial charge in [0.05, 0.1) is 44.4 Å². The minimum Gasteiger partial charge on any atom is -0.489 e. The largest absolute Gasteiger partial charge is 0.489 e. The van der Waals surface area contributed by atoms with Gasteiger partial charge in [0.2, 0.25) is 0 Å². The number of ether oxygens (including phenoxy) is 2. The van der Waals surface area contributed by atoms with E-state index in [1.54, 1.807) is 17.0 Å². The zero-order chi connectivity index (χ0) is 25.7. The molecule has 0 saturated carbocycles. The molecule has 0 bridgehead atoms. The summed E-state index contributed by atoms with van der Waals surface area (Å²) in [6, 6.07) is 18.2. The minimum absolute atomic E-state index is 0.0739.